The van der Waals surface area contributed by atoms with Crippen molar-refractivity contribution in [3.05, 3.63) is 17.0 Å². The van der Waals surface area contributed by atoms with E-state index in [4.69, 9.17) is 9.26 Å². The zero-order chi connectivity index (χ0) is 16.1. The van der Waals surface area contributed by atoms with Crippen molar-refractivity contribution in [3.63, 3.8) is 0 Å². The lowest BCUT2D eigenvalue weighted by molar-refractivity contribution is -0.148. The van der Waals surface area contributed by atoms with Gasteiger partial charge >= 0.3 is 5.97 Å². The first kappa shape index (κ1) is 16.5. The Bertz CT molecular complexity index is 519. The number of hydrogen-bond donors (Lipinski definition) is 1. The van der Waals surface area contributed by atoms with E-state index in [1.807, 2.05) is 0 Å². The van der Waals surface area contributed by atoms with Crippen LogP contribution in [0.3, 0.4) is 0 Å². The van der Waals surface area contributed by atoms with E-state index in [0.29, 0.717) is 17.4 Å². The van der Waals surface area contributed by atoms with Crippen LogP contribution in [0.5, 0.6) is 0 Å². The molecule has 0 bridgehead atoms. The van der Waals surface area contributed by atoms with Crippen molar-refractivity contribution in [1.82, 2.24) is 10.5 Å². The molecule has 1 aromatic rings. The standard InChI is InChI=1S/C16H24N2O4/c1-10-6-4-5-7-14(10)17-15(19)9-21-16(20)8-13-11(2)18-22-12(13)3/h10,14H,4-9H2,1-3H3,(H,17,19). The predicted octanol–water partition coefficient (Wildman–Crippen LogP) is 2.07. The van der Waals surface area contributed by atoms with Gasteiger partial charge in [-0.3, -0.25) is 9.59 Å². The normalized spacial score (nSPS) is 21.4. The highest BCUT2D eigenvalue weighted by Gasteiger charge is 2.23. The predicted molar refractivity (Wildman–Crippen MR) is 80.2 cm³/mol. The molecular weight excluding hydrogens is 284 g/mol. The van der Waals surface area contributed by atoms with Crippen LogP contribution in [-0.4, -0.2) is 29.7 Å². The Kier molecular flexibility index (Phi) is 5.57. The number of carbonyl (C=O) groups is 2. The summed E-state index contributed by atoms with van der Waals surface area (Å²) in [6.07, 6.45) is 4.58. The molecule has 1 aliphatic rings. The van der Waals surface area contributed by atoms with Crippen molar-refractivity contribution in [1.29, 1.82) is 0 Å². The van der Waals surface area contributed by atoms with E-state index in [-0.39, 0.29) is 25.0 Å². The lowest BCUT2D eigenvalue weighted by atomic mass is 9.86. The van der Waals surface area contributed by atoms with Crippen LogP contribution in [0.2, 0.25) is 0 Å². The maximum absolute atomic E-state index is 11.9. The molecule has 6 heteroatoms. The largest absolute Gasteiger partial charge is 0.455 e. The Morgan fingerprint density at radius 2 is 2.05 bits per heavy atom. The fraction of sp³-hybridized carbons (Fsp3) is 0.688. The number of carbonyl (C=O) groups excluding carboxylic acids is 2. The zero-order valence-electron chi connectivity index (χ0n) is 13.5. The summed E-state index contributed by atoms with van der Waals surface area (Å²) in [5, 5.41) is 6.75. The monoisotopic (exact) mass is 308 g/mol. The van der Waals surface area contributed by atoms with Crippen LogP contribution in [-0.2, 0) is 20.7 Å². The second-order valence-electron chi connectivity index (χ2n) is 6.08. The van der Waals surface area contributed by atoms with Gasteiger partial charge in [0.25, 0.3) is 5.91 Å². The SMILES string of the molecule is Cc1noc(C)c1CC(=O)OCC(=O)NC1CCCCC1C. The van der Waals surface area contributed by atoms with Gasteiger partial charge in [-0.25, -0.2) is 0 Å². The van der Waals surface area contributed by atoms with Crippen LogP contribution < -0.4 is 5.32 Å². The molecule has 0 spiro atoms. The van der Waals surface area contributed by atoms with Crippen molar-refractivity contribution in [2.75, 3.05) is 6.61 Å². The summed E-state index contributed by atoms with van der Waals surface area (Å²) in [6.45, 7) is 5.44. The summed E-state index contributed by atoms with van der Waals surface area (Å²) < 4.78 is 10.0. The summed E-state index contributed by atoms with van der Waals surface area (Å²) in [5.41, 5.74) is 1.40. The average Bonchev–Trinajstić information content (AvgIpc) is 2.79. The molecule has 1 amide bonds. The Morgan fingerprint density at radius 1 is 1.32 bits per heavy atom. The number of nitrogens with zero attached hydrogens (tertiary/aromatic N) is 1. The number of hydrogen-bond acceptors (Lipinski definition) is 5. The minimum atomic E-state index is -0.443. The first-order chi connectivity index (χ1) is 10.5. The smallest absolute Gasteiger partial charge is 0.310 e. The van der Waals surface area contributed by atoms with E-state index in [2.05, 4.69) is 17.4 Å². The molecule has 122 valence electrons. The van der Waals surface area contributed by atoms with Gasteiger partial charge in [-0.05, 0) is 32.6 Å². The summed E-state index contributed by atoms with van der Waals surface area (Å²) in [6, 6.07) is 0.197. The van der Waals surface area contributed by atoms with Crippen LogP contribution in [0.25, 0.3) is 0 Å². The van der Waals surface area contributed by atoms with Gasteiger partial charge < -0.3 is 14.6 Å². The van der Waals surface area contributed by atoms with Crippen LogP contribution >= 0.6 is 0 Å². The van der Waals surface area contributed by atoms with Crippen molar-refractivity contribution in [2.45, 2.75) is 58.9 Å². The van der Waals surface area contributed by atoms with Gasteiger partial charge in [0, 0.05) is 11.6 Å². The zero-order valence-corrected chi connectivity index (χ0v) is 13.5. The van der Waals surface area contributed by atoms with Gasteiger partial charge in [-0.2, -0.15) is 0 Å². The fourth-order valence-electron chi connectivity index (χ4n) is 2.87. The molecule has 1 saturated carbocycles. The Labute approximate surface area is 130 Å². The van der Waals surface area contributed by atoms with E-state index in [1.165, 1.54) is 6.42 Å². The number of aromatic nitrogens is 1. The highest BCUT2D eigenvalue weighted by Crippen LogP contribution is 2.23. The summed E-state index contributed by atoms with van der Waals surface area (Å²) in [7, 11) is 0. The molecule has 1 fully saturated rings. The third-order valence-corrected chi connectivity index (χ3v) is 4.32. The van der Waals surface area contributed by atoms with E-state index in [1.54, 1.807) is 13.8 Å². The van der Waals surface area contributed by atoms with Crippen molar-refractivity contribution in [2.24, 2.45) is 5.92 Å². The Hall–Kier alpha value is -1.85. The highest BCUT2D eigenvalue weighted by atomic mass is 16.5. The number of amides is 1. The maximum atomic E-state index is 11.9. The molecule has 22 heavy (non-hydrogen) atoms. The second-order valence-corrected chi connectivity index (χ2v) is 6.08. The van der Waals surface area contributed by atoms with E-state index in [0.717, 1.165) is 24.8 Å². The van der Waals surface area contributed by atoms with Crippen LogP contribution in [0.15, 0.2) is 4.52 Å². The lowest BCUT2D eigenvalue weighted by Gasteiger charge is -2.29. The minimum Gasteiger partial charge on any atom is -0.455 e. The summed E-state index contributed by atoms with van der Waals surface area (Å²) >= 11 is 0. The molecule has 2 rings (SSSR count). The number of esters is 1. The summed E-state index contributed by atoms with van der Waals surface area (Å²) in [4.78, 5) is 23.7. The molecule has 2 atom stereocenters. The Balaban J connectivity index is 1.75. The molecule has 1 N–H and O–H groups in total. The van der Waals surface area contributed by atoms with Crippen molar-refractivity contribution < 1.29 is 18.8 Å². The number of nitrogens with one attached hydrogen (secondary N) is 1. The molecule has 0 saturated heterocycles. The third kappa shape index (κ3) is 4.32. The highest BCUT2D eigenvalue weighted by molar-refractivity contribution is 5.81. The number of rotatable bonds is 5. The molecule has 6 nitrogen and oxygen atoms in total. The van der Waals surface area contributed by atoms with Crippen LogP contribution in [0.1, 0.15) is 49.6 Å². The topological polar surface area (TPSA) is 81.4 Å². The third-order valence-electron chi connectivity index (χ3n) is 4.32. The molecule has 1 heterocycles. The molecule has 0 radical (unpaired) electrons. The number of ether oxygens (including phenoxy) is 1. The molecular formula is C16H24N2O4. The lowest BCUT2D eigenvalue weighted by Crippen LogP contribution is -2.43. The fourth-order valence-corrected chi connectivity index (χ4v) is 2.87. The molecule has 0 aromatic carbocycles. The van der Waals surface area contributed by atoms with Gasteiger partial charge in [0.1, 0.15) is 5.76 Å². The number of aryl methyl sites for hydroxylation is 2. The molecule has 0 aliphatic heterocycles. The quantitative estimate of drug-likeness (QED) is 0.842. The Morgan fingerprint density at radius 3 is 2.68 bits per heavy atom. The van der Waals surface area contributed by atoms with Crippen LogP contribution in [0, 0.1) is 19.8 Å². The first-order valence-corrected chi connectivity index (χ1v) is 7.84. The van der Waals surface area contributed by atoms with Crippen molar-refractivity contribution in [3.8, 4) is 0 Å². The molecule has 1 aliphatic carbocycles. The second kappa shape index (κ2) is 7.42. The first-order valence-electron chi connectivity index (χ1n) is 7.84. The average molecular weight is 308 g/mol. The van der Waals surface area contributed by atoms with Gasteiger partial charge in [0.2, 0.25) is 0 Å². The van der Waals surface area contributed by atoms with Gasteiger partial charge in [-0.15, -0.1) is 0 Å². The van der Waals surface area contributed by atoms with Crippen molar-refractivity contribution >= 4 is 11.9 Å². The minimum absolute atomic E-state index is 0.0777. The van der Waals surface area contributed by atoms with Gasteiger partial charge in [-0.1, -0.05) is 24.9 Å². The molecule has 1 aromatic heterocycles. The molecule has 2 unspecified atom stereocenters. The van der Waals surface area contributed by atoms with Gasteiger partial charge in [0.05, 0.1) is 12.1 Å². The summed E-state index contributed by atoms with van der Waals surface area (Å²) in [5.74, 6) is 0.415. The van der Waals surface area contributed by atoms with E-state index < -0.39 is 5.97 Å². The van der Waals surface area contributed by atoms with Gasteiger partial charge in [0.15, 0.2) is 6.61 Å². The van der Waals surface area contributed by atoms with E-state index >= 15 is 0 Å². The maximum Gasteiger partial charge on any atom is 0.310 e. The van der Waals surface area contributed by atoms with E-state index in [9.17, 15) is 9.59 Å². The van der Waals surface area contributed by atoms with Crippen LogP contribution in [0.4, 0.5) is 0 Å².